The zero-order valence-electron chi connectivity index (χ0n) is 9.26. The van der Waals surface area contributed by atoms with Crippen molar-refractivity contribution in [2.24, 2.45) is 0 Å². The van der Waals surface area contributed by atoms with E-state index in [0.717, 1.165) is 12.8 Å². The summed E-state index contributed by atoms with van der Waals surface area (Å²) < 4.78 is 0. The predicted octanol–water partition coefficient (Wildman–Crippen LogP) is 1.84. The van der Waals surface area contributed by atoms with Gasteiger partial charge < -0.3 is 5.11 Å². The molecule has 0 heterocycles. The van der Waals surface area contributed by atoms with Crippen LogP contribution in [-0.4, -0.2) is 70.2 Å². The van der Waals surface area contributed by atoms with Gasteiger partial charge in [0.15, 0.2) is 0 Å². The molecule has 66 valence electrons. The summed E-state index contributed by atoms with van der Waals surface area (Å²) in [5.74, 6) is -0.804. The van der Waals surface area contributed by atoms with Crippen molar-refractivity contribution in [3.63, 3.8) is 0 Å². The van der Waals surface area contributed by atoms with Crippen molar-refractivity contribution in [1.29, 1.82) is 0 Å². The molecule has 0 aromatic heterocycles. The number of carboxylic acid groups (broad SMARTS) is 1. The number of unbranched alkanes of at least 4 members (excludes halogenated alkanes) is 3. The maximum atomic E-state index is 10.3. The first-order valence-corrected chi connectivity index (χ1v) is 4.08. The molecule has 0 fully saturated rings. The standard InChI is InChI=1S/C9H16O2.2Na/c1-3-4-5-6-7-8(2)9(10)11;;/h7H,3-6H2,1-2H3,(H,10,11);;. The Balaban J connectivity index is -0.000000500. The van der Waals surface area contributed by atoms with Crippen molar-refractivity contribution in [2.75, 3.05) is 0 Å². The van der Waals surface area contributed by atoms with E-state index in [2.05, 4.69) is 6.92 Å². The summed E-state index contributed by atoms with van der Waals surface area (Å²) in [6, 6.07) is 0. The van der Waals surface area contributed by atoms with Gasteiger partial charge in [-0.2, -0.15) is 0 Å². The molecule has 2 radical (unpaired) electrons. The third kappa shape index (κ3) is 13.2. The van der Waals surface area contributed by atoms with Crippen LogP contribution in [0.5, 0.6) is 0 Å². The monoisotopic (exact) mass is 202 g/mol. The van der Waals surface area contributed by atoms with Crippen molar-refractivity contribution in [1.82, 2.24) is 0 Å². The Morgan fingerprint density at radius 3 is 2.23 bits per heavy atom. The van der Waals surface area contributed by atoms with Crippen LogP contribution < -0.4 is 0 Å². The van der Waals surface area contributed by atoms with Crippen molar-refractivity contribution >= 4 is 65.1 Å². The minimum absolute atomic E-state index is 0. The predicted molar refractivity (Wildman–Crippen MR) is 57.0 cm³/mol. The second-order valence-corrected chi connectivity index (χ2v) is 2.69. The molecule has 0 rings (SSSR count). The van der Waals surface area contributed by atoms with Crippen LogP contribution in [0.25, 0.3) is 0 Å². The molecule has 0 amide bonds. The maximum absolute atomic E-state index is 10.3. The second kappa shape index (κ2) is 13.2. The molecule has 0 aliphatic rings. The molecule has 13 heavy (non-hydrogen) atoms. The van der Waals surface area contributed by atoms with Crippen LogP contribution >= 0.6 is 0 Å². The van der Waals surface area contributed by atoms with E-state index in [1.165, 1.54) is 12.8 Å². The van der Waals surface area contributed by atoms with Crippen molar-refractivity contribution in [3.05, 3.63) is 11.6 Å². The quantitative estimate of drug-likeness (QED) is 0.419. The summed E-state index contributed by atoms with van der Waals surface area (Å²) in [5, 5.41) is 8.47. The average molecular weight is 202 g/mol. The smallest absolute Gasteiger partial charge is 0.330 e. The fourth-order valence-electron chi connectivity index (χ4n) is 0.800. The molecule has 0 bridgehead atoms. The summed E-state index contributed by atoms with van der Waals surface area (Å²) >= 11 is 0. The van der Waals surface area contributed by atoms with Gasteiger partial charge in [-0.15, -0.1) is 0 Å². The van der Waals surface area contributed by atoms with Gasteiger partial charge in [-0.25, -0.2) is 4.79 Å². The van der Waals surface area contributed by atoms with Crippen LogP contribution in [0.4, 0.5) is 0 Å². The van der Waals surface area contributed by atoms with Crippen molar-refractivity contribution < 1.29 is 9.90 Å². The summed E-state index contributed by atoms with van der Waals surface area (Å²) in [6.07, 6.45) is 6.15. The van der Waals surface area contributed by atoms with E-state index < -0.39 is 5.97 Å². The number of hydrogen-bond acceptors (Lipinski definition) is 1. The largest absolute Gasteiger partial charge is 0.478 e. The molecule has 0 spiro atoms. The van der Waals surface area contributed by atoms with E-state index in [1.54, 1.807) is 13.0 Å². The van der Waals surface area contributed by atoms with Gasteiger partial charge in [0.2, 0.25) is 0 Å². The molecule has 0 unspecified atom stereocenters. The van der Waals surface area contributed by atoms with Crippen LogP contribution in [0, 0.1) is 0 Å². The molecule has 0 saturated carbocycles. The zero-order chi connectivity index (χ0) is 8.69. The number of rotatable bonds is 5. The topological polar surface area (TPSA) is 37.3 Å². The molecular weight excluding hydrogens is 186 g/mol. The Morgan fingerprint density at radius 1 is 1.31 bits per heavy atom. The number of hydrogen-bond donors (Lipinski definition) is 1. The Hall–Kier alpha value is 1.21. The van der Waals surface area contributed by atoms with Crippen LogP contribution in [0.3, 0.4) is 0 Å². The number of carboxylic acids is 1. The molecule has 0 aromatic carbocycles. The Kier molecular flexibility index (Phi) is 20.1. The van der Waals surface area contributed by atoms with Gasteiger partial charge in [0.05, 0.1) is 0 Å². The molecule has 1 N–H and O–H groups in total. The van der Waals surface area contributed by atoms with Crippen LogP contribution in [0.2, 0.25) is 0 Å². The summed E-state index contributed by atoms with van der Waals surface area (Å²) in [5.41, 5.74) is 0.459. The maximum Gasteiger partial charge on any atom is 0.330 e. The molecule has 4 heteroatoms. The van der Waals surface area contributed by atoms with Gasteiger partial charge in [-0.05, 0) is 19.8 Å². The van der Waals surface area contributed by atoms with Crippen LogP contribution in [0.1, 0.15) is 39.5 Å². The average Bonchev–Trinajstić information content (AvgIpc) is 1.97. The molecule has 0 aliphatic carbocycles. The Morgan fingerprint density at radius 2 is 1.85 bits per heavy atom. The summed E-state index contributed by atoms with van der Waals surface area (Å²) in [4.78, 5) is 10.3. The van der Waals surface area contributed by atoms with Crippen LogP contribution in [-0.2, 0) is 4.79 Å². The normalized spacial score (nSPS) is 9.85. The zero-order valence-corrected chi connectivity index (χ0v) is 13.3. The van der Waals surface area contributed by atoms with E-state index in [9.17, 15) is 4.79 Å². The SMILES string of the molecule is CCCCCC=C(C)C(=O)O.[Na].[Na]. The molecular formula is C9H16Na2O2. The first-order valence-electron chi connectivity index (χ1n) is 4.08. The fraction of sp³-hybridized carbons (Fsp3) is 0.667. The van der Waals surface area contributed by atoms with Gasteiger partial charge in [-0.1, -0.05) is 25.8 Å². The third-order valence-corrected chi connectivity index (χ3v) is 1.60. The molecule has 0 aliphatic heterocycles. The third-order valence-electron chi connectivity index (χ3n) is 1.60. The van der Waals surface area contributed by atoms with Gasteiger partial charge in [0.1, 0.15) is 0 Å². The summed E-state index contributed by atoms with van der Waals surface area (Å²) in [7, 11) is 0. The summed E-state index contributed by atoms with van der Waals surface area (Å²) in [6.45, 7) is 3.77. The minimum Gasteiger partial charge on any atom is -0.478 e. The van der Waals surface area contributed by atoms with Gasteiger partial charge >= 0.3 is 5.97 Å². The Bertz CT molecular complexity index is 156. The minimum atomic E-state index is -0.804. The van der Waals surface area contributed by atoms with Crippen molar-refractivity contribution in [2.45, 2.75) is 39.5 Å². The van der Waals surface area contributed by atoms with E-state index in [0.29, 0.717) is 5.57 Å². The van der Waals surface area contributed by atoms with E-state index in [-0.39, 0.29) is 59.1 Å². The number of allylic oxidation sites excluding steroid dienone is 1. The van der Waals surface area contributed by atoms with Crippen LogP contribution in [0.15, 0.2) is 11.6 Å². The van der Waals surface area contributed by atoms with Gasteiger partial charge in [0.25, 0.3) is 0 Å². The van der Waals surface area contributed by atoms with E-state index >= 15 is 0 Å². The molecule has 2 nitrogen and oxygen atoms in total. The van der Waals surface area contributed by atoms with Gasteiger partial charge in [-0.3, -0.25) is 0 Å². The molecule has 0 aromatic rings. The van der Waals surface area contributed by atoms with Crippen molar-refractivity contribution in [3.8, 4) is 0 Å². The second-order valence-electron chi connectivity index (χ2n) is 2.69. The molecule has 0 saturated heterocycles. The van der Waals surface area contributed by atoms with E-state index in [4.69, 9.17) is 5.11 Å². The number of aliphatic carboxylic acids is 1. The fourth-order valence-corrected chi connectivity index (χ4v) is 0.800. The first kappa shape index (κ1) is 19.7. The van der Waals surface area contributed by atoms with Gasteiger partial charge in [0, 0.05) is 64.7 Å². The molecule has 0 atom stereocenters. The Labute approximate surface area is 125 Å². The first-order chi connectivity index (χ1) is 5.18. The number of carbonyl (C=O) groups is 1. The van der Waals surface area contributed by atoms with E-state index in [1.807, 2.05) is 0 Å².